The number of nitrogens with zero attached hydrogens (tertiary/aromatic N) is 1. The summed E-state index contributed by atoms with van der Waals surface area (Å²) in [7, 11) is 0. The average Bonchev–Trinajstić information content (AvgIpc) is 2.55. The second kappa shape index (κ2) is 3.46. The molecule has 0 unspecified atom stereocenters. The Balaban J connectivity index is 2.50. The predicted octanol–water partition coefficient (Wildman–Crippen LogP) is 3.54. The third-order valence-corrected chi connectivity index (χ3v) is 3.83. The fraction of sp³-hybridized carbons (Fsp3) is 0.400. The lowest BCUT2D eigenvalue weighted by molar-refractivity contribution is 0.0889. The van der Waals surface area contributed by atoms with E-state index in [-0.39, 0.29) is 5.91 Å². The molecule has 88 valence electrons. The molecule has 0 atom stereocenters. The van der Waals surface area contributed by atoms with Gasteiger partial charge in [-0.25, -0.2) is 0 Å². The van der Waals surface area contributed by atoms with Crippen LogP contribution in [0.4, 0.5) is 0 Å². The summed E-state index contributed by atoms with van der Waals surface area (Å²) in [4.78, 5) is 12.1. The Kier molecular flexibility index (Phi) is 2.15. The van der Waals surface area contributed by atoms with E-state index < -0.39 is 0 Å². The van der Waals surface area contributed by atoms with Crippen molar-refractivity contribution in [3.63, 3.8) is 0 Å². The molecule has 1 aromatic heterocycles. The topological polar surface area (TPSA) is 22.0 Å². The molecule has 0 bridgehead atoms. The largest absolute Gasteiger partial charge is 0.284 e. The molecule has 1 aliphatic heterocycles. The molecule has 0 spiro atoms. The fourth-order valence-electron chi connectivity index (χ4n) is 3.09. The molecule has 3 rings (SSSR count). The van der Waals surface area contributed by atoms with Crippen LogP contribution in [0.2, 0.25) is 0 Å². The van der Waals surface area contributed by atoms with Gasteiger partial charge in [0.1, 0.15) is 0 Å². The molecule has 0 saturated carbocycles. The number of carbonyl (C=O) groups excluding carboxylic acids is 1. The Morgan fingerprint density at radius 2 is 1.88 bits per heavy atom. The molecule has 2 nitrogen and oxygen atoms in total. The van der Waals surface area contributed by atoms with E-state index in [0.29, 0.717) is 6.42 Å². The van der Waals surface area contributed by atoms with Gasteiger partial charge in [-0.15, -0.1) is 0 Å². The molecule has 0 amide bonds. The van der Waals surface area contributed by atoms with Crippen LogP contribution < -0.4 is 0 Å². The monoisotopic (exact) mass is 227 g/mol. The first-order valence-electron chi connectivity index (χ1n) is 6.24. The SMILES string of the molecule is Cc1cc(C)c2c(c1)c(C)c1n2C(=O)CCC1. The molecule has 17 heavy (non-hydrogen) atoms. The maximum Gasteiger partial charge on any atom is 0.231 e. The van der Waals surface area contributed by atoms with Crippen LogP contribution >= 0.6 is 0 Å². The number of aromatic nitrogens is 1. The minimum absolute atomic E-state index is 0.260. The van der Waals surface area contributed by atoms with E-state index in [4.69, 9.17) is 0 Å². The molecule has 2 heteroatoms. The highest BCUT2D eigenvalue weighted by atomic mass is 16.2. The summed E-state index contributed by atoms with van der Waals surface area (Å²) in [6.45, 7) is 6.36. The van der Waals surface area contributed by atoms with E-state index in [1.165, 1.54) is 27.8 Å². The number of benzene rings is 1. The minimum Gasteiger partial charge on any atom is -0.284 e. The summed E-state index contributed by atoms with van der Waals surface area (Å²) < 4.78 is 1.96. The summed E-state index contributed by atoms with van der Waals surface area (Å²) in [6, 6.07) is 4.37. The minimum atomic E-state index is 0.260. The van der Waals surface area contributed by atoms with Crippen LogP contribution in [-0.4, -0.2) is 10.5 Å². The van der Waals surface area contributed by atoms with E-state index >= 15 is 0 Å². The molecule has 0 fully saturated rings. The number of carbonyl (C=O) groups is 1. The molecule has 1 aromatic carbocycles. The van der Waals surface area contributed by atoms with E-state index in [2.05, 4.69) is 32.9 Å². The Labute approximate surface area is 101 Å². The van der Waals surface area contributed by atoms with Crippen molar-refractivity contribution in [2.24, 2.45) is 0 Å². The molecule has 1 aliphatic rings. The highest BCUT2D eigenvalue weighted by Crippen LogP contribution is 2.32. The van der Waals surface area contributed by atoms with Gasteiger partial charge in [-0.3, -0.25) is 9.36 Å². The zero-order valence-electron chi connectivity index (χ0n) is 10.6. The van der Waals surface area contributed by atoms with E-state index in [1.54, 1.807) is 0 Å². The number of rotatable bonds is 0. The van der Waals surface area contributed by atoms with E-state index in [9.17, 15) is 4.79 Å². The Morgan fingerprint density at radius 1 is 1.12 bits per heavy atom. The molecule has 0 saturated heterocycles. The number of aryl methyl sites for hydroxylation is 3. The van der Waals surface area contributed by atoms with Crippen LogP contribution in [0.15, 0.2) is 12.1 Å². The maximum atomic E-state index is 12.1. The molecular weight excluding hydrogens is 210 g/mol. The van der Waals surface area contributed by atoms with Crippen molar-refractivity contribution >= 4 is 16.8 Å². The van der Waals surface area contributed by atoms with Crippen molar-refractivity contribution in [3.05, 3.63) is 34.5 Å². The standard InChI is InChI=1S/C15H17NO/c1-9-7-10(2)15-12(8-9)11(3)13-5-4-6-14(17)16(13)15/h7-8H,4-6H2,1-3H3. The van der Waals surface area contributed by atoms with Crippen molar-refractivity contribution in [1.82, 2.24) is 4.57 Å². The lowest BCUT2D eigenvalue weighted by Gasteiger charge is -2.15. The van der Waals surface area contributed by atoms with Gasteiger partial charge >= 0.3 is 0 Å². The predicted molar refractivity (Wildman–Crippen MR) is 69.7 cm³/mol. The summed E-state index contributed by atoms with van der Waals surface area (Å²) in [5.74, 6) is 0.260. The normalized spacial score (nSPS) is 15.4. The summed E-state index contributed by atoms with van der Waals surface area (Å²) in [6.07, 6.45) is 2.71. The number of fused-ring (bicyclic) bond motifs is 3. The zero-order chi connectivity index (χ0) is 12.2. The first-order chi connectivity index (χ1) is 8.09. The van der Waals surface area contributed by atoms with Gasteiger partial charge in [0.05, 0.1) is 5.52 Å². The molecule has 0 N–H and O–H groups in total. The van der Waals surface area contributed by atoms with Gasteiger partial charge in [0, 0.05) is 17.5 Å². The van der Waals surface area contributed by atoms with Gasteiger partial charge < -0.3 is 0 Å². The van der Waals surface area contributed by atoms with Crippen molar-refractivity contribution in [2.45, 2.75) is 40.0 Å². The van der Waals surface area contributed by atoms with Gasteiger partial charge in [0.15, 0.2) is 0 Å². The average molecular weight is 227 g/mol. The second-order valence-electron chi connectivity index (χ2n) is 5.13. The van der Waals surface area contributed by atoms with Gasteiger partial charge in [-0.2, -0.15) is 0 Å². The van der Waals surface area contributed by atoms with E-state index in [0.717, 1.165) is 18.4 Å². The van der Waals surface area contributed by atoms with Crippen LogP contribution in [-0.2, 0) is 6.42 Å². The summed E-state index contributed by atoms with van der Waals surface area (Å²) in [5, 5.41) is 1.26. The Bertz CT molecular complexity index is 634. The molecule has 2 aromatic rings. The van der Waals surface area contributed by atoms with Crippen LogP contribution in [0.3, 0.4) is 0 Å². The molecule has 0 aliphatic carbocycles. The van der Waals surface area contributed by atoms with E-state index in [1.807, 2.05) is 4.57 Å². The summed E-state index contributed by atoms with van der Waals surface area (Å²) >= 11 is 0. The summed E-state index contributed by atoms with van der Waals surface area (Å²) in [5.41, 5.74) is 6.13. The highest BCUT2D eigenvalue weighted by Gasteiger charge is 2.23. The number of hydrogen-bond donors (Lipinski definition) is 0. The zero-order valence-corrected chi connectivity index (χ0v) is 10.6. The van der Waals surface area contributed by atoms with Crippen molar-refractivity contribution in [2.75, 3.05) is 0 Å². The van der Waals surface area contributed by atoms with Crippen LogP contribution in [0.25, 0.3) is 10.9 Å². The highest BCUT2D eigenvalue weighted by molar-refractivity contribution is 5.98. The lowest BCUT2D eigenvalue weighted by Crippen LogP contribution is -2.19. The van der Waals surface area contributed by atoms with Crippen molar-refractivity contribution in [1.29, 1.82) is 0 Å². The quantitative estimate of drug-likeness (QED) is 0.674. The van der Waals surface area contributed by atoms with Gasteiger partial charge in [-0.05, 0) is 50.8 Å². The van der Waals surface area contributed by atoms with Crippen LogP contribution in [0, 0.1) is 20.8 Å². The smallest absolute Gasteiger partial charge is 0.231 e. The molecule has 2 heterocycles. The molecule has 0 radical (unpaired) electrons. The Hall–Kier alpha value is -1.57. The maximum absolute atomic E-state index is 12.1. The van der Waals surface area contributed by atoms with Crippen molar-refractivity contribution in [3.8, 4) is 0 Å². The lowest BCUT2D eigenvalue weighted by atomic mass is 10.0. The molecular formula is C15H17NO. The Morgan fingerprint density at radius 3 is 2.65 bits per heavy atom. The number of hydrogen-bond acceptors (Lipinski definition) is 1. The van der Waals surface area contributed by atoms with Crippen LogP contribution in [0.5, 0.6) is 0 Å². The first kappa shape index (κ1) is 10.6. The van der Waals surface area contributed by atoms with Gasteiger partial charge in [0.2, 0.25) is 5.91 Å². The van der Waals surface area contributed by atoms with Gasteiger partial charge in [-0.1, -0.05) is 11.6 Å². The first-order valence-corrected chi connectivity index (χ1v) is 6.24. The van der Waals surface area contributed by atoms with Crippen molar-refractivity contribution < 1.29 is 4.79 Å². The second-order valence-corrected chi connectivity index (χ2v) is 5.13. The van der Waals surface area contributed by atoms with Gasteiger partial charge in [0.25, 0.3) is 0 Å². The fourth-order valence-corrected chi connectivity index (χ4v) is 3.09. The van der Waals surface area contributed by atoms with Crippen LogP contribution in [0.1, 0.15) is 40.0 Å². The third-order valence-electron chi connectivity index (χ3n) is 3.83. The third kappa shape index (κ3) is 1.36.